The minimum Gasteiger partial charge on any atom is -0.361 e. The molecule has 0 unspecified atom stereocenters. The van der Waals surface area contributed by atoms with Gasteiger partial charge in [-0.15, -0.1) is 0 Å². The lowest BCUT2D eigenvalue weighted by atomic mass is 10.1. The molecule has 2 rings (SSSR count). The molecular formula is C15H19N3O. The molecule has 0 radical (unpaired) electrons. The summed E-state index contributed by atoms with van der Waals surface area (Å²) in [5, 5.41) is 3.10. The summed E-state index contributed by atoms with van der Waals surface area (Å²) in [6.45, 7) is 5.34. The van der Waals surface area contributed by atoms with Crippen molar-refractivity contribution in [2.24, 2.45) is 0 Å². The van der Waals surface area contributed by atoms with Gasteiger partial charge in [-0.1, -0.05) is 31.2 Å². The van der Waals surface area contributed by atoms with E-state index < -0.39 is 0 Å². The Hall–Kier alpha value is -2.10. The Morgan fingerprint density at radius 1 is 1.16 bits per heavy atom. The predicted octanol–water partition coefficient (Wildman–Crippen LogP) is 2.44. The smallest absolute Gasteiger partial charge is 0.293 e. The van der Waals surface area contributed by atoms with E-state index in [1.54, 1.807) is 17.0 Å². The van der Waals surface area contributed by atoms with Crippen molar-refractivity contribution >= 4 is 5.82 Å². The molecule has 0 saturated heterocycles. The standard InChI is InChI=1S/C15H19N3O/c1-3-12-5-7-13(8-6-12)11-17-14-15(19)18(4-2)10-9-16-14/h5-10H,3-4,11H2,1-2H3,(H,16,17). The number of nitrogens with zero attached hydrogens (tertiary/aromatic N) is 2. The summed E-state index contributed by atoms with van der Waals surface area (Å²) in [5.74, 6) is 0.406. The Bertz CT molecular complexity index is 587. The van der Waals surface area contributed by atoms with Crippen LogP contribution in [0.2, 0.25) is 0 Å². The fraction of sp³-hybridized carbons (Fsp3) is 0.333. The molecule has 1 N–H and O–H groups in total. The lowest BCUT2D eigenvalue weighted by Crippen LogP contribution is -2.23. The van der Waals surface area contributed by atoms with Crippen LogP contribution in [-0.4, -0.2) is 9.55 Å². The fourth-order valence-corrected chi connectivity index (χ4v) is 1.90. The molecule has 1 aromatic carbocycles. The third-order valence-corrected chi connectivity index (χ3v) is 3.15. The van der Waals surface area contributed by atoms with Crippen LogP contribution < -0.4 is 10.9 Å². The van der Waals surface area contributed by atoms with Crippen LogP contribution in [0.1, 0.15) is 25.0 Å². The molecule has 0 bridgehead atoms. The van der Waals surface area contributed by atoms with Gasteiger partial charge in [-0.25, -0.2) is 4.98 Å². The van der Waals surface area contributed by atoms with Crippen molar-refractivity contribution in [1.29, 1.82) is 0 Å². The van der Waals surface area contributed by atoms with Gasteiger partial charge in [0.2, 0.25) is 0 Å². The first-order valence-corrected chi connectivity index (χ1v) is 6.61. The van der Waals surface area contributed by atoms with Crippen LogP contribution in [0.15, 0.2) is 41.5 Å². The largest absolute Gasteiger partial charge is 0.361 e. The highest BCUT2D eigenvalue weighted by Crippen LogP contribution is 2.06. The quantitative estimate of drug-likeness (QED) is 0.895. The SMILES string of the molecule is CCc1ccc(CNc2nccn(CC)c2=O)cc1. The second-order valence-corrected chi connectivity index (χ2v) is 4.39. The van der Waals surface area contributed by atoms with Gasteiger partial charge in [0.1, 0.15) is 0 Å². The van der Waals surface area contributed by atoms with Gasteiger partial charge in [-0.05, 0) is 24.5 Å². The lowest BCUT2D eigenvalue weighted by molar-refractivity contribution is 0.718. The molecule has 0 fully saturated rings. The number of hydrogen-bond acceptors (Lipinski definition) is 3. The van der Waals surface area contributed by atoms with E-state index in [0.29, 0.717) is 18.9 Å². The summed E-state index contributed by atoms with van der Waals surface area (Å²) < 4.78 is 1.63. The van der Waals surface area contributed by atoms with Crippen molar-refractivity contribution < 1.29 is 0 Å². The first-order valence-electron chi connectivity index (χ1n) is 6.61. The second kappa shape index (κ2) is 6.18. The van der Waals surface area contributed by atoms with Crippen LogP contribution >= 0.6 is 0 Å². The fourth-order valence-electron chi connectivity index (χ4n) is 1.90. The molecule has 19 heavy (non-hydrogen) atoms. The average Bonchev–Trinajstić information content (AvgIpc) is 2.47. The van der Waals surface area contributed by atoms with Gasteiger partial charge < -0.3 is 9.88 Å². The van der Waals surface area contributed by atoms with Gasteiger partial charge in [0.25, 0.3) is 5.56 Å². The Morgan fingerprint density at radius 3 is 2.47 bits per heavy atom. The van der Waals surface area contributed by atoms with E-state index in [1.807, 2.05) is 6.92 Å². The molecule has 0 aliphatic heterocycles. The number of aryl methyl sites for hydroxylation is 2. The van der Waals surface area contributed by atoms with Gasteiger partial charge in [0, 0.05) is 25.5 Å². The van der Waals surface area contributed by atoms with Crippen molar-refractivity contribution in [3.05, 3.63) is 58.1 Å². The van der Waals surface area contributed by atoms with Crippen molar-refractivity contribution in [1.82, 2.24) is 9.55 Å². The highest BCUT2D eigenvalue weighted by atomic mass is 16.1. The number of aromatic nitrogens is 2. The van der Waals surface area contributed by atoms with Crippen LogP contribution in [0.25, 0.3) is 0 Å². The summed E-state index contributed by atoms with van der Waals surface area (Å²) in [7, 11) is 0. The topological polar surface area (TPSA) is 46.9 Å². The molecule has 0 aliphatic carbocycles. The minimum absolute atomic E-state index is 0.0739. The average molecular weight is 257 g/mol. The van der Waals surface area contributed by atoms with Crippen molar-refractivity contribution in [2.75, 3.05) is 5.32 Å². The van der Waals surface area contributed by atoms with Gasteiger partial charge in [-0.2, -0.15) is 0 Å². The van der Waals surface area contributed by atoms with E-state index in [1.165, 1.54) is 5.56 Å². The summed E-state index contributed by atoms with van der Waals surface area (Å²) >= 11 is 0. The highest BCUT2D eigenvalue weighted by Gasteiger charge is 2.03. The van der Waals surface area contributed by atoms with E-state index in [2.05, 4.69) is 41.5 Å². The van der Waals surface area contributed by atoms with Crippen LogP contribution in [-0.2, 0) is 19.5 Å². The van der Waals surface area contributed by atoms with E-state index in [-0.39, 0.29) is 5.56 Å². The molecule has 2 aromatic rings. The molecule has 0 amide bonds. The summed E-state index contributed by atoms with van der Waals surface area (Å²) in [5.41, 5.74) is 2.38. The Kier molecular flexibility index (Phi) is 4.34. The highest BCUT2D eigenvalue weighted by molar-refractivity contribution is 5.33. The van der Waals surface area contributed by atoms with E-state index in [4.69, 9.17) is 0 Å². The summed E-state index contributed by atoms with van der Waals surface area (Å²) in [6.07, 6.45) is 4.38. The summed E-state index contributed by atoms with van der Waals surface area (Å²) in [6, 6.07) is 8.37. The van der Waals surface area contributed by atoms with Crippen molar-refractivity contribution in [3.63, 3.8) is 0 Å². The molecule has 100 valence electrons. The third-order valence-electron chi connectivity index (χ3n) is 3.15. The van der Waals surface area contributed by atoms with Crippen LogP contribution in [0, 0.1) is 0 Å². The first-order chi connectivity index (χ1) is 9.24. The number of hydrogen-bond donors (Lipinski definition) is 1. The number of rotatable bonds is 5. The van der Waals surface area contributed by atoms with E-state index in [0.717, 1.165) is 12.0 Å². The Morgan fingerprint density at radius 2 is 1.84 bits per heavy atom. The maximum absolute atomic E-state index is 12.0. The maximum Gasteiger partial charge on any atom is 0.293 e. The minimum atomic E-state index is -0.0739. The Balaban J connectivity index is 2.08. The zero-order valence-electron chi connectivity index (χ0n) is 11.4. The molecule has 0 spiro atoms. The van der Waals surface area contributed by atoms with Crippen molar-refractivity contribution in [3.8, 4) is 0 Å². The van der Waals surface area contributed by atoms with Gasteiger partial charge in [0.05, 0.1) is 0 Å². The maximum atomic E-state index is 12.0. The van der Waals surface area contributed by atoms with Crippen LogP contribution in [0.3, 0.4) is 0 Å². The predicted molar refractivity (Wildman–Crippen MR) is 77.3 cm³/mol. The molecule has 0 atom stereocenters. The zero-order chi connectivity index (χ0) is 13.7. The zero-order valence-corrected chi connectivity index (χ0v) is 11.4. The first kappa shape index (κ1) is 13.3. The molecule has 4 heteroatoms. The number of nitrogens with one attached hydrogen (secondary N) is 1. The second-order valence-electron chi connectivity index (χ2n) is 4.39. The third kappa shape index (κ3) is 3.22. The van der Waals surface area contributed by atoms with Gasteiger partial charge in [-0.3, -0.25) is 4.79 Å². The molecule has 0 saturated carbocycles. The number of benzene rings is 1. The monoisotopic (exact) mass is 257 g/mol. The Labute approximate surface area is 113 Å². The normalized spacial score (nSPS) is 10.4. The van der Waals surface area contributed by atoms with Crippen LogP contribution in [0.4, 0.5) is 5.82 Å². The lowest BCUT2D eigenvalue weighted by Gasteiger charge is -2.08. The van der Waals surface area contributed by atoms with Crippen molar-refractivity contribution in [2.45, 2.75) is 33.4 Å². The summed E-state index contributed by atoms with van der Waals surface area (Å²) in [4.78, 5) is 16.1. The van der Waals surface area contributed by atoms with E-state index >= 15 is 0 Å². The van der Waals surface area contributed by atoms with Gasteiger partial charge in [0.15, 0.2) is 5.82 Å². The molecule has 4 nitrogen and oxygen atoms in total. The van der Waals surface area contributed by atoms with Crippen LogP contribution in [0.5, 0.6) is 0 Å². The molecular weight excluding hydrogens is 238 g/mol. The van der Waals surface area contributed by atoms with E-state index in [9.17, 15) is 4.79 Å². The molecule has 0 aliphatic rings. The molecule has 1 heterocycles. The number of anilines is 1. The van der Waals surface area contributed by atoms with Gasteiger partial charge >= 0.3 is 0 Å². The molecule has 1 aromatic heterocycles.